The molecule has 1 unspecified atom stereocenters. The molecule has 1 aliphatic rings. The van der Waals surface area contributed by atoms with Crippen molar-refractivity contribution in [2.75, 3.05) is 32.9 Å². The van der Waals surface area contributed by atoms with E-state index in [0.29, 0.717) is 29.6 Å². The normalized spacial score (nSPS) is 18.3. The Morgan fingerprint density at radius 2 is 2.09 bits per heavy atom. The van der Waals surface area contributed by atoms with Gasteiger partial charge in [0.2, 0.25) is 0 Å². The number of aliphatic hydroxyl groups excluding tert-OH is 1. The number of aliphatic hydroxyl groups is 1. The number of rotatable bonds is 9. The van der Waals surface area contributed by atoms with Crippen LogP contribution in [-0.2, 0) is 22.3 Å². The molecule has 0 aliphatic carbocycles. The number of hydrogen-bond acceptors (Lipinski definition) is 4. The maximum atomic E-state index is 8.81. The molecule has 0 bridgehead atoms. The molecule has 0 radical (unpaired) electrons. The first-order chi connectivity index (χ1) is 11.2. The van der Waals surface area contributed by atoms with Crippen LogP contribution in [-0.4, -0.2) is 44.3 Å². The summed E-state index contributed by atoms with van der Waals surface area (Å²) in [4.78, 5) is 0. The zero-order valence-electron chi connectivity index (χ0n) is 13.3. The van der Waals surface area contributed by atoms with E-state index in [2.05, 4.69) is 5.32 Å². The second-order valence-electron chi connectivity index (χ2n) is 5.64. The molecule has 1 aromatic rings. The highest BCUT2D eigenvalue weighted by Crippen LogP contribution is 2.29. The molecule has 0 saturated carbocycles. The standard InChI is InChI=1S/C17H25Cl2NO3/c18-15-5-4-13(6-8-20-9-10-21)14(17(15)19)7-12-23-16-3-1-2-11-22-16/h4-5,16,20-21H,1-3,6-12H2. The van der Waals surface area contributed by atoms with E-state index in [9.17, 15) is 0 Å². The van der Waals surface area contributed by atoms with Crippen molar-refractivity contribution in [2.45, 2.75) is 38.4 Å². The molecule has 2 rings (SSSR count). The molecule has 0 aromatic heterocycles. The molecular formula is C17H25Cl2NO3. The van der Waals surface area contributed by atoms with E-state index in [-0.39, 0.29) is 12.9 Å². The number of ether oxygens (including phenoxy) is 2. The van der Waals surface area contributed by atoms with Crippen LogP contribution in [0.1, 0.15) is 30.4 Å². The number of benzene rings is 1. The second kappa shape index (κ2) is 10.5. The third-order valence-electron chi connectivity index (χ3n) is 3.95. The first kappa shape index (κ1) is 19.0. The largest absolute Gasteiger partial charge is 0.395 e. The topological polar surface area (TPSA) is 50.7 Å². The summed E-state index contributed by atoms with van der Waals surface area (Å²) in [6.45, 7) is 2.88. The van der Waals surface area contributed by atoms with Gasteiger partial charge in [-0.3, -0.25) is 0 Å². The van der Waals surface area contributed by atoms with Crippen molar-refractivity contribution in [3.63, 3.8) is 0 Å². The van der Waals surface area contributed by atoms with Crippen molar-refractivity contribution in [1.29, 1.82) is 0 Å². The molecule has 4 nitrogen and oxygen atoms in total. The van der Waals surface area contributed by atoms with E-state index >= 15 is 0 Å². The van der Waals surface area contributed by atoms with Crippen molar-refractivity contribution in [3.05, 3.63) is 33.3 Å². The van der Waals surface area contributed by atoms with Crippen LogP contribution in [0.25, 0.3) is 0 Å². The van der Waals surface area contributed by atoms with Crippen molar-refractivity contribution in [3.8, 4) is 0 Å². The van der Waals surface area contributed by atoms with Gasteiger partial charge in [-0.15, -0.1) is 0 Å². The van der Waals surface area contributed by atoms with Crippen molar-refractivity contribution < 1.29 is 14.6 Å². The SMILES string of the molecule is OCCNCCc1ccc(Cl)c(Cl)c1CCOC1CCCCO1. The van der Waals surface area contributed by atoms with Gasteiger partial charge in [-0.2, -0.15) is 0 Å². The maximum Gasteiger partial charge on any atom is 0.157 e. The molecule has 2 N–H and O–H groups in total. The van der Waals surface area contributed by atoms with Gasteiger partial charge in [-0.25, -0.2) is 0 Å². The molecule has 1 atom stereocenters. The van der Waals surface area contributed by atoms with Crippen LogP contribution in [0.2, 0.25) is 10.0 Å². The molecular weight excluding hydrogens is 337 g/mol. The third kappa shape index (κ3) is 6.22. The van der Waals surface area contributed by atoms with Gasteiger partial charge >= 0.3 is 0 Å². The Hall–Kier alpha value is -0.360. The fourth-order valence-electron chi connectivity index (χ4n) is 2.70. The molecule has 130 valence electrons. The summed E-state index contributed by atoms with van der Waals surface area (Å²) in [7, 11) is 0. The van der Waals surface area contributed by atoms with E-state index in [1.54, 1.807) is 0 Å². The van der Waals surface area contributed by atoms with Crippen LogP contribution in [0.3, 0.4) is 0 Å². The minimum atomic E-state index is -0.0867. The number of nitrogens with one attached hydrogen (secondary N) is 1. The van der Waals surface area contributed by atoms with Gasteiger partial charge in [-0.05, 0) is 55.8 Å². The van der Waals surface area contributed by atoms with Crippen LogP contribution < -0.4 is 5.32 Å². The number of halogens is 2. The Labute approximate surface area is 148 Å². The van der Waals surface area contributed by atoms with E-state index in [4.69, 9.17) is 37.8 Å². The first-order valence-corrected chi connectivity index (χ1v) is 8.98. The Morgan fingerprint density at radius 3 is 2.83 bits per heavy atom. The van der Waals surface area contributed by atoms with Crippen LogP contribution in [0.4, 0.5) is 0 Å². The summed E-state index contributed by atoms with van der Waals surface area (Å²) in [6, 6.07) is 3.85. The van der Waals surface area contributed by atoms with Gasteiger partial charge in [0.05, 0.1) is 23.3 Å². The molecule has 1 aliphatic heterocycles. The fourth-order valence-corrected chi connectivity index (χ4v) is 3.16. The lowest BCUT2D eigenvalue weighted by atomic mass is 10.0. The average Bonchev–Trinajstić information content (AvgIpc) is 2.58. The van der Waals surface area contributed by atoms with Gasteiger partial charge in [0.1, 0.15) is 0 Å². The molecule has 6 heteroatoms. The summed E-state index contributed by atoms with van der Waals surface area (Å²) in [6.07, 6.45) is 4.70. The van der Waals surface area contributed by atoms with Gasteiger partial charge in [-0.1, -0.05) is 29.3 Å². The van der Waals surface area contributed by atoms with Crippen molar-refractivity contribution in [1.82, 2.24) is 5.32 Å². The van der Waals surface area contributed by atoms with Crippen LogP contribution in [0.15, 0.2) is 12.1 Å². The van der Waals surface area contributed by atoms with E-state index in [1.165, 1.54) is 0 Å². The maximum absolute atomic E-state index is 8.81. The Kier molecular flexibility index (Phi) is 8.66. The predicted octanol–water partition coefficient (Wildman–Crippen LogP) is 3.20. The lowest BCUT2D eigenvalue weighted by molar-refractivity contribution is -0.161. The van der Waals surface area contributed by atoms with Gasteiger partial charge < -0.3 is 19.9 Å². The van der Waals surface area contributed by atoms with E-state index in [1.807, 2.05) is 12.1 Å². The minimum absolute atomic E-state index is 0.0867. The van der Waals surface area contributed by atoms with Crippen LogP contribution in [0, 0.1) is 0 Å². The monoisotopic (exact) mass is 361 g/mol. The smallest absolute Gasteiger partial charge is 0.157 e. The quantitative estimate of drug-likeness (QED) is 0.663. The Bertz CT molecular complexity index is 479. The Morgan fingerprint density at radius 1 is 1.22 bits per heavy atom. The summed E-state index contributed by atoms with van der Waals surface area (Å²) in [5.74, 6) is 0. The van der Waals surface area contributed by atoms with E-state index < -0.39 is 0 Å². The molecule has 23 heavy (non-hydrogen) atoms. The lowest BCUT2D eigenvalue weighted by Gasteiger charge is -2.23. The summed E-state index contributed by atoms with van der Waals surface area (Å²) in [5.41, 5.74) is 2.21. The molecule has 1 saturated heterocycles. The highest BCUT2D eigenvalue weighted by atomic mass is 35.5. The third-order valence-corrected chi connectivity index (χ3v) is 4.79. The summed E-state index contributed by atoms with van der Waals surface area (Å²) in [5, 5.41) is 13.2. The predicted molar refractivity (Wildman–Crippen MR) is 93.4 cm³/mol. The minimum Gasteiger partial charge on any atom is -0.395 e. The zero-order chi connectivity index (χ0) is 16.5. The lowest BCUT2D eigenvalue weighted by Crippen LogP contribution is -2.23. The highest BCUT2D eigenvalue weighted by Gasteiger charge is 2.15. The Balaban J connectivity index is 1.90. The second-order valence-corrected chi connectivity index (χ2v) is 6.42. The van der Waals surface area contributed by atoms with Crippen LogP contribution >= 0.6 is 23.2 Å². The molecule has 1 heterocycles. The van der Waals surface area contributed by atoms with Crippen molar-refractivity contribution in [2.24, 2.45) is 0 Å². The first-order valence-electron chi connectivity index (χ1n) is 8.23. The van der Waals surface area contributed by atoms with Gasteiger partial charge in [0.15, 0.2) is 6.29 Å². The fraction of sp³-hybridized carbons (Fsp3) is 0.647. The zero-order valence-corrected chi connectivity index (χ0v) is 14.8. The highest BCUT2D eigenvalue weighted by molar-refractivity contribution is 6.42. The molecule has 1 aromatic carbocycles. The van der Waals surface area contributed by atoms with E-state index in [0.717, 1.165) is 50.0 Å². The molecule has 0 amide bonds. The van der Waals surface area contributed by atoms with Crippen LogP contribution in [0.5, 0.6) is 0 Å². The van der Waals surface area contributed by atoms with Gasteiger partial charge in [0.25, 0.3) is 0 Å². The number of hydrogen-bond donors (Lipinski definition) is 2. The van der Waals surface area contributed by atoms with Gasteiger partial charge in [0, 0.05) is 13.2 Å². The summed E-state index contributed by atoms with van der Waals surface area (Å²) < 4.78 is 11.4. The molecule has 1 fully saturated rings. The average molecular weight is 362 g/mol. The summed E-state index contributed by atoms with van der Waals surface area (Å²) >= 11 is 12.5. The molecule has 0 spiro atoms. The van der Waals surface area contributed by atoms with Crippen molar-refractivity contribution >= 4 is 23.2 Å².